The Bertz CT molecular complexity index is 520. The molecule has 1 aliphatic heterocycles. The topological polar surface area (TPSA) is 42.9 Å². The molecule has 1 aliphatic rings. The second kappa shape index (κ2) is 11.2. The zero-order valence-electron chi connectivity index (χ0n) is 17.0. The molecule has 2 rings (SSSR count). The van der Waals surface area contributed by atoms with Crippen LogP contribution in [0.15, 0.2) is 35.3 Å². The van der Waals surface area contributed by atoms with Gasteiger partial charge in [0.15, 0.2) is 5.96 Å². The predicted octanol–water partition coefficient (Wildman–Crippen LogP) is 2.06. The Labute approximate surface area is 159 Å². The van der Waals surface area contributed by atoms with Crippen molar-refractivity contribution in [1.82, 2.24) is 20.4 Å². The molecule has 0 bridgehead atoms. The number of benzene rings is 1. The Hall–Kier alpha value is -1.59. The van der Waals surface area contributed by atoms with Gasteiger partial charge in [0, 0.05) is 52.4 Å². The van der Waals surface area contributed by atoms with E-state index >= 15 is 0 Å². The zero-order chi connectivity index (χ0) is 18.8. The minimum Gasteiger partial charge on any atom is -0.356 e. The fourth-order valence-electron chi connectivity index (χ4n) is 3.51. The summed E-state index contributed by atoms with van der Waals surface area (Å²) in [6, 6.07) is 11.2. The molecular formula is C21H37N5. The van der Waals surface area contributed by atoms with Crippen LogP contribution in [0.1, 0.15) is 25.8 Å². The lowest BCUT2D eigenvalue weighted by Gasteiger charge is -2.40. The van der Waals surface area contributed by atoms with Gasteiger partial charge in [-0.15, -0.1) is 0 Å². The van der Waals surface area contributed by atoms with Crippen LogP contribution in [-0.2, 0) is 6.42 Å². The Morgan fingerprint density at radius 2 is 1.77 bits per heavy atom. The van der Waals surface area contributed by atoms with E-state index in [0.29, 0.717) is 12.0 Å². The van der Waals surface area contributed by atoms with Gasteiger partial charge in [-0.2, -0.15) is 0 Å². The Morgan fingerprint density at radius 3 is 2.38 bits per heavy atom. The van der Waals surface area contributed by atoms with E-state index in [0.717, 1.165) is 58.1 Å². The SMILES string of the molecule is CN=C(NCCCc1ccccc1)NCC(C(C)C)N1CCN(C)CC1. The van der Waals surface area contributed by atoms with Gasteiger partial charge < -0.3 is 15.5 Å². The molecule has 1 fully saturated rings. The van der Waals surface area contributed by atoms with E-state index < -0.39 is 0 Å². The molecular weight excluding hydrogens is 322 g/mol. The molecule has 5 heteroatoms. The van der Waals surface area contributed by atoms with Gasteiger partial charge >= 0.3 is 0 Å². The third kappa shape index (κ3) is 6.96. The maximum Gasteiger partial charge on any atom is 0.191 e. The largest absolute Gasteiger partial charge is 0.356 e. The number of aliphatic imine (C=N–C) groups is 1. The highest BCUT2D eigenvalue weighted by atomic mass is 15.3. The molecule has 0 saturated carbocycles. The lowest BCUT2D eigenvalue weighted by molar-refractivity contribution is 0.0900. The van der Waals surface area contributed by atoms with Crippen molar-refractivity contribution in [3.8, 4) is 0 Å². The van der Waals surface area contributed by atoms with E-state index in [4.69, 9.17) is 0 Å². The molecule has 26 heavy (non-hydrogen) atoms. The fraction of sp³-hybridized carbons (Fsp3) is 0.667. The second-order valence-corrected chi connectivity index (χ2v) is 7.62. The maximum atomic E-state index is 4.39. The van der Waals surface area contributed by atoms with Gasteiger partial charge in [0.1, 0.15) is 0 Å². The van der Waals surface area contributed by atoms with Crippen molar-refractivity contribution in [1.29, 1.82) is 0 Å². The van der Waals surface area contributed by atoms with Gasteiger partial charge in [0.05, 0.1) is 0 Å². The maximum absolute atomic E-state index is 4.39. The van der Waals surface area contributed by atoms with E-state index in [1.807, 2.05) is 7.05 Å². The van der Waals surface area contributed by atoms with E-state index in [1.54, 1.807) is 0 Å². The Kier molecular flexibility index (Phi) is 8.92. The number of rotatable bonds is 8. The fourth-order valence-corrected chi connectivity index (χ4v) is 3.51. The summed E-state index contributed by atoms with van der Waals surface area (Å²) in [5, 5.41) is 7.00. The summed E-state index contributed by atoms with van der Waals surface area (Å²) in [7, 11) is 4.06. The number of hydrogen-bond donors (Lipinski definition) is 2. The normalized spacial score (nSPS) is 18.1. The molecule has 2 N–H and O–H groups in total. The van der Waals surface area contributed by atoms with Gasteiger partial charge in [-0.3, -0.25) is 9.89 Å². The van der Waals surface area contributed by atoms with Crippen molar-refractivity contribution < 1.29 is 0 Å². The minimum absolute atomic E-state index is 0.548. The minimum atomic E-state index is 0.548. The van der Waals surface area contributed by atoms with Crippen molar-refractivity contribution in [2.75, 3.05) is 53.4 Å². The number of hydrogen-bond acceptors (Lipinski definition) is 3. The van der Waals surface area contributed by atoms with Crippen LogP contribution in [0.25, 0.3) is 0 Å². The molecule has 5 nitrogen and oxygen atoms in total. The molecule has 1 heterocycles. The van der Waals surface area contributed by atoms with E-state index in [1.165, 1.54) is 5.56 Å². The van der Waals surface area contributed by atoms with Crippen molar-refractivity contribution in [2.24, 2.45) is 10.9 Å². The lowest BCUT2D eigenvalue weighted by Crippen LogP contribution is -2.55. The van der Waals surface area contributed by atoms with Crippen molar-refractivity contribution in [3.63, 3.8) is 0 Å². The first-order valence-corrected chi connectivity index (χ1v) is 10.0. The summed E-state index contributed by atoms with van der Waals surface area (Å²) in [6.07, 6.45) is 2.21. The first-order chi connectivity index (χ1) is 12.6. The van der Waals surface area contributed by atoms with Crippen molar-refractivity contribution in [2.45, 2.75) is 32.7 Å². The summed E-state index contributed by atoms with van der Waals surface area (Å²) >= 11 is 0. The van der Waals surface area contributed by atoms with Gasteiger partial charge in [0.2, 0.25) is 0 Å². The molecule has 1 aromatic rings. The smallest absolute Gasteiger partial charge is 0.191 e. The molecule has 146 valence electrons. The Morgan fingerprint density at radius 1 is 1.08 bits per heavy atom. The summed E-state index contributed by atoms with van der Waals surface area (Å²) in [5.74, 6) is 1.54. The van der Waals surface area contributed by atoms with E-state index in [9.17, 15) is 0 Å². The van der Waals surface area contributed by atoms with Gasteiger partial charge in [-0.05, 0) is 31.4 Å². The van der Waals surface area contributed by atoms with Crippen LogP contribution >= 0.6 is 0 Å². The second-order valence-electron chi connectivity index (χ2n) is 7.62. The molecule has 1 atom stereocenters. The van der Waals surface area contributed by atoms with Gasteiger partial charge in [-0.25, -0.2) is 0 Å². The summed E-state index contributed by atoms with van der Waals surface area (Å²) in [4.78, 5) is 9.43. The van der Waals surface area contributed by atoms with Crippen LogP contribution < -0.4 is 10.6 Å². The Balaban J connectivity index is 1.72. The standard InChI is InChI=1S/C21H37N5/c1-18(2)20(26-15-13-25(4)14-16-26)17-24-21(22-3)23-12-8-11-19-9-6-5-7-10-19/h5-7,9-10,18,20H,8,11-17H2,1-4H3,(H2,22,23,24). The average Bonchev–Trinajstić information content (AvgIpc) is 2.65. The van der Waals surface area contributed by atoms with Crippen LogP contribution in [0.3, 0.4) is 0 Å². The average molecular weight is 360 g/mol. The summed E-state index contributed by atoms with van der Waals surface area (Å²) in [6.45, 7) is 11.2. The summed E-state index contributed by atoms with van der Waals surface area (Å²) < 4.78 is 0. The molecule has 1 aromatic carbocycles. The molecule has 0 amide bonds. The lowest BCUT2D eigenvalue weighted by atomic mass is 10.0. The first kappa shape index (κ1) is 20.7. The number of likely N-dealkylation sites (N-methyl/N-ethyl adjacent to an activating group) is 1. The molecule has 1 saturated heterocycles. The molecule has 0 aliphatic carbocycles. The number of nitrogens with one attached hydrogen (secondary N) is 2. The third-order valence-electron chi connectivity index (χ3n) is 5.26. The number of piperazine rings is 1. The highest BCUT2D eigenvalue weighted by molar-refractivity contribution is 5.79. The molecule has 0 radical (unpaired) electrons. The van der Waals surface area contributed by atoms with Crippen LogP contribution in [0.2, 0.25) is 0 Å². The number of guanidine groups is 1. The highest BCUT2D eigenvalue weighted by Gasteiger charge is 2.24. The first-order valence-electron chi connectivity index (χ1n) is 10.0. The van der Waals surface area contributed by atoms with Gasteiger partial charge in [0.25, 0.3) is 0 Å². The quantitative estimate of drug-likeness (QED) is 0.424. The van der Waals surface area contributed by atoms with Crippen LogP contribution in [0.5, 0.6) is 0 Å². The predicted molar refractivity (Wildman–Crippen MR) is 112 cm³/mol. The number of aryl methyl sites for hydroxylation is 1. The van der Waals surface area contributed by atoms with Crippen LogP contribution in [-0.4, -0.2) is 75.2 Å². The monoisotopic (exact) mass is 359 g/mol. The van der Waals surface area contributed by atoms with Crippen molar-refractivity contribution >= 4 is 5.96 Å². The van der Waals surface area contributed by atoms with E-state index in [-0.39, 0.29) is 0 Å². The third-order valence-corrected chi connectivity index (χ3v) is 5.26. The van der Waals surface area contributed by atoms with Crippen molar-refractivity contribution in [3.05, 3.63) is 35.9 Å². The van der Waals surface area contributed by atoms with Gasteiger partial charge in [-0.1, -0.05) is 44.2 Å². The molecule has 0 spiro atoms. The highest BCUT2D eigenvalue weighted by Crippen LogP contribution is 2.12. The number of nitrogens with zero attached hydrogens (tertiary/aromatic N) is 3. The molecule has 1 unspecified atom stereocenters. The van der Waals surface area contributed by atoms with Crippen LogP contribution in [0.4, 0.5) is 0 Å². The zero-order valence-corrected chi connectivity index (χ0v) is 17.0. The van der Waals surface area contributed by atoms with E-state index in [2.05, 4.69) is 76.7 Å². The molecule has 0 aromatic heterocycles. The summed E-state index contributed by atoms with van der Waals surface area (Å²) in [5.41, 5.74) is 1.40. The van der Waals surface area contributed by atoms with Crippen LogP contribution in [0, 0.1) is 5.92 Å².